The second kappa shape index (κ2) is 7.88. The Morgan fingerprint density at radius 3 is 2.50 bits per heavy atom. The fourth-order valence-corrected chi connectivity index (χ4v) is 5.04. The van der Waals surface area contributed by atoms with E-state index in [-0.39, 0.29) is 30.2 Å². The number of rotatable bonds is 5. The predicted octanol–water partition coefficient (Wildman–Crippen LogP) is 0.408. The topological polar surface area (TPSA) is 93.3 Å². The summed E-state index contributed by atoms with van der Waals surface area (Å²) in [4.78, 5) is 58.2. The van der Waals surface area contributed by atoms with Crippen molar-refractivity contribution in [1.82, 2.24) is 20.0 Å². The molecule has 1 unspecified atom stereocenters. The number of benzene rings is 1. The summed E-state index contributed by atoms with van der Waals surface area (Å²) in [6.07, 6.45) is 2.98. The summed E-state index contributed by atoms with van der Waals surface area (Å²) in [6, 6.07) is 7.46. The second-order valence-electron chi connectivity index (χ2n) is 9.35. The molecule has 3 fully saturated rings. The minimum atomic E-state index is -0.832. The molecule has 0 aromatic heterocycles. The summed E-state index contributed by atoms with van der Waals surface area (Å²) in [5, 5.41) is 2.99. The Kier molecular flexibility index (Phi) is 5.16. The summed E-state index contributed by atoms with van der Waals surface area (Å²) in [5.41, 5.74) is 0.254. The molecule has 0 bridgehead atoms. The van der Waals surface area contributed by atoms with Gasteiger partial charge in [-0.3, -0.25) is 29.0 Å². The molecule has 170 valence electrons. The summed E-state index contributed by atoms with van der Waals surface area (Å²) in [6.45, 7) is 4.46. The van der Waals surface area contributed by atoms with E-state index in [1.165, 1.54) is 0 Å². The zero-order valence-corrected chi connectivity index (χ0v) is 18.4. The van der Waals surface area contributed by atoms with E-state index < -0.39 is 5.66 Å². The minimum Gasteiger partial charge on any atom is -0.352 e. The maximum atomic E-state index is 13.3. The van der Waals surface area contributed by atoms with E-state index in [1.807, 2.05) is 13.0 Å². The number of nitrogens with one attached hydrogen (secondary N) is 1. The van der Waals surface area contributed by atoms with E-state index in [0.29, 0.717) is 62.9 Å². The molecule has 32 heavy (non-hydrogen) atoms. The number of hydrogen-bond acceptors (Lipinski definition) is 5. The summed E-state index contributed by atoms with van der Waals surface area (Å²) in [7, 11) is 0. The molecule has 5 rings (SSSR count). The quantitative estimate of drug-likeness (QED) is 0.717. The smallest absolute Gasteiger partial charge is 0.258 e. The van der Waals surface area contributed by atoms with E-state index in [4.69, 9.17) is 0 Å². The van der Waals surface area contributed by atoms with Gasteiger partial charge in [-0.05, 0) is 38.3 Å². The van der Waals surface area contributed by atoms with Crippen LogP contribution in [0.25, 0.3) is 0 Å². The van der Waals surface area contributed by atoms with Gasteiger partial charge in [0.1, 0.15) is 12.2 Å². The van der Waals surface area contributed by atoms with E-state index in [9.17, 15) is 19.2 Å². The number of carbonyl (C=O) groups is 4. The van der Waals surface area contributed by atoms with Gasteiger partial charge >= 0.3 is 0 Å². The van der Waals surface area contributed by atoms with Gasteiger partial charge in [0.05, 0.1) is 17.8 Å². The van der Waals surface area contributed by atoms with Crippen molar-refractivity contribution >= 4 is 29.3 Å². The molecule has 2 saturated heterocycles. The Hall–Kier alpha value is -2.94. The molecule has 4 aliphatic rings. The molecular weight excluding hydrogens is 410 g/mol. The van der Waals surface area contributed by atoms with Crippen LogP contribution in [0.1, 0.15) is 43.0 Å². The van der Waals surface area contributed by atoms with Crippen molar-refractivity contribution in [2.24, 2.45) is 0 Å². The fraction of sp³-hybridized carbons (Fsp3) is 0.565. The molecule has 1 aliphatic carbocycles. The second-order valence-corrected chi connectivity index (χ2v) is 9.35. The van der Waals surface area contributed by atoms with Crippen LogP contribution in [0.15, 0.2) is 24.3 Å². The molecule has 9 heteroatoms. The highest BCUT2D eigenvalue weighted by Crippen LogP contribution is 2.43. The van der Waals surface area contributed by atoms with Gasteiger partial charge < -0.3 is 15.1 Å². The van der Waals surface area contributed by atoms with Gasteiger partial charge in [-0.15, -0.1) is 0 Å². The first kappa shape index (κ1) is 20.9. The highest BCUT2D eigenvalue weighted by Gasteiger charge is 2.53. The number of piperazine rings is 1. The average Bonchev–Trinajstić information content (AvgIpc) is 3.53. The van der Waals surface area contributed by atoms with Gasteiger partial charge in [0.15, 0.2) is 0 Å². The lowest BCUT2D eigenvalue weighted by Gasteiger charge is -2.49. The summed E-state index contributed by atoms with van der Waals surface area (Å²) < 4.78 is 0. The molecule has 3 aliphatic heterocycles. The van der Waals surface area contributed by atoms with Crippen LogP contribution >= 0.6 is 0 Å². The first-order chi connectivity index (χ1) is 15.4. The third-order valence-corrected chi connectivity index (χ3v) is 7.07. The van der Waals surface area contributed by atoms with Crippen LogP contribution in [0.2, 0.25) is 0 Å². The lowest BCUT2D eigenvalue weighted by atomic mass is 9.98. The van der Waals surface area contributed by atoms with Crippen LogP contribution in [0, 0.1) is 0 Å². The maximum absolute atomic E-state index is 13.3. The normalized spacial score (nSPS) is 25.6. The molecule has 1 aromatic rings. The van der Waals surface area contributed by atoms with Crippen LogP contribution in [-0.2, 0) is 14.4 Å². The minimum absolute atomic E-state index is 0.0250. The van der Waals surface area contributed by atoms with Crippen molar-refractivity contribution in [2.45, 2.75) is 44.3 Å². The molecule has 1 aromatic carbocycles. The Labute approximate surface area is 187 Å². The van der Waals surface area contributed by atoms with Crippen LogP contribution in [0.3, 0.4) is 0 Å². The number of para-hydroxylation sites is 1. The summed E-state index contributed by atoms with van der Waals surface area (Å²) in [5.74, 6) is -0.315. The zero-order chi connectivity index (χ0) is 22.5. The van der Waals surface area contributed by atoms with Crippen LogP contribution in [0.5, 0.6) is 0 Å². The molecule has 1 N–H and O–H groups in total. The first-order valence-corrected chi connectivity index (χ1v) is 11.4. The number of hydrogen-bond donors (Lipinski definition) is 1. The lowest BCUT2D eigenvalue weighted by molar-refractivity contribution is -0.135. The SMILES string of the molecule is CC12CCC(=O)N1c1ccccc1C(=O)N2CC(=O)N1CCN(CC(=O)NC2CC2)CC1. The number of nitrogens with zero attached hydrogens (tertiary/aromatic N) is 4. The standard InChI is InChI=1S/C23H29N5O4/c1-23-9-8-20(30)28(23)18-5-3-2-4-17(18)22(32)27(23)15-21(31)26-12-10-25(11-13-26)14-19(29)24-16-6-7-16/h2-5,16H,6-15H2,1H3,(H,24,29). The maximum Gasteiger partial charge on any atom is 0.258 e. The van der Waals surface area contributed by atoms with Gasteiger partial charge in [-0.25, -0.2) is 0 Å². The lowest BCUT2D eigenvalue weighted by Crippen LogP contribution is -2.64. The van der Waals surface area contributed by atoms with Crippen LogP contribution in [-0.4, -0.2) is 89.3 Å². The van der Waals surface area contributed by atoms with Gasteiger partial charge in [-0.2, -0.15) is 0 Å². The Bertz CT molecular complexity index is 969. The van der Waals surface area contributed by atoms with Crippen molar-refractivity contribution in [1.29, 1.82) is 0 Å². The molecule has 1 saturated carbocycles. The summed E-state index contributed by atoms with van der Waals surface area (Å²) >= 11 is 0. The van der Waals surface area contributed by atoms with Crippen molar-refractivity contribution in [3.05, 3.63) is 29.8 Å². The average molecular weight is 440 g/mol. The van der Waals surface area contributed by atoms with Crippen molar-refractivity contribution in [2.75, 3.05) is 44.2 Å². The van der Waals surface area contributed by atoms with Crippen molar-refractivity contribution in [3.8, 4) is 0 Å². The third-order valence-electron chi connectivity index (χ3n) is 7.07. The van der Waals surface area contributed by atoms with Gasteiger partial charge in [0, 0.05) is 38.6 Å². The predicted molar refractivity (Wildman–Crippen MR) is 117 cm³/mol. The van der Waals surface area contributed by atoms with E-state index in [1.54, 1.807) is 32.9 Å². The highest BCUT2D eigenvalue weighted by atomic mass is 16.2. The zero-order valence-electron chi connectivity index (χ0n) is 18.4. The van der Waals surface area contributed by atoms with Crippen LogP contribution in [0.4, 0.5) is 5.69 Å². The number of anilines is 1. The molecule has 1 atom stereocenters. The Morgan fingerprint density at radius 1 is 1.06 bits per heavy atom. The molecule has 0 radical (unpaired) electrons. The van der Waals surface area contributed by atoms with Crippen molar-refractivity contribution < 1.29 is 19.2 Å². The Balaban J connectivity index is 1.25. The van der Waals surface area contributed by atoms with Gasteiger partial charge in [0.25, 0.3) is 5.91 Å². The van der Waals surface area contributed by atoms with E-state index in [2.05, 4.69) is 10.2 Å². The molecule has 9 nitrogen and oxygen atoms in total. The van der Waals surface area contributed by atoms with E-state index in [0.717, 1.165) is 12.8 Å². The largest absolute Gasteiger partial charge is 0.352 e. The first-order valence-electron chi connectivity index (χ1n) is 11.4. The molecule has 3 heterocycles. The number of carbonyl (C=O) groups excluding carboxylic acids is 4. The fourth-order valence-electron chi connectivity index (χ4n) is 5.04. The monoisotopic (exact) mass is 439 g/mol. The van der Waals surface area contributed by atoms with Crippen LogP contribution < -0.4 is 10.2 Å². The Morgan fingerprint density at radius 2 is 1.78 bits per heavy atom. The molecule has 4 amide bonds. The van der Waals surface area contributed by atoms with E-state index >= 15 is 0 Å². The van der Waals surface area contributed by atoms with Gasteiger partial charge in [0.2, 0.25) is 17.7 Å². The molecule has 0 spiro atoms. The van der Waals surface area contributed by atoms with Gasteiger partial charge in [-0.1, -0.05) is 12.1 Å². The number of amides is 4. The molecular formula is C23H29N5O4. The van der Waals surface area contributed by atoms with Crippen molar-refractivity contribution in [3.63, 3.8) is 0 Å². The number of fused-ring (bicyclic) bond motifs is 3. The third kappa shape index (κ3) is 3.64. The highest BCUT2D eigenvalue weighted by molar-refractivity contribution is 6.11.